The van der Waals surface area contributed by atoms with E-state index in [9.17, 15) is 23.6 Å². The Bertz CT molecular complexity index is 892. The molecule has 4 amide bonds. The van der Waals surface area contributed by atoms with Crippen molar-refractivity contribution in [3.05, 3.63) is 29.1 Å². The Kier molecular flexibility index (Phi) is 4.41. The fourth-order valence-corrected chi connectivity index (χ4v) is 4.35. The molecule has 0 aliphatic carbocycles. The Labute approximate surface area is 161 Å². The largest absolute Gasteiger partial charge is 0.363 e. The van der Waals surface area contributed by atoms with Crippen molar-refractivity contribution in [1.82, 2.24) is 15.5 Å². The van der Waals surface area contributed by atoms with E-state index in [1.165, 1.54) is 6.07 Å². The first kappa shape index (κ1) is 18.5. The number of imide groups is 2. The number of fused-ring (bicyclic) bond motifs is 1. The van der Waals surface area contributed by atoms with Crippen molar-refractivity contribution in [3.63, 3.8) is 0 Å². The lowest BCUT2D eigenvalue weighted by molar-refractivity contribution is -0.136. The molecule has 0 aromatic heterocycles. The van der Waals surface area contributed by atoms with Crippen molar-refractivity contribution in [2.24, 2.45) is 0 Å². The molecule has 3 aliphatic heterocycles. The number of amides is 4. The van der Waals surface area contributed by atoms with E-state index in [1.807, 2.05) is 18.7 Å². The second kappa shape index (κ2) is 6.66. The van der Waals surface area contributed by atoms with Gasteiger partial charge in [0.05, 0.1) is 16.8 Å². The van der Waals surface area contributed by atoms with Crippen molar-refractivity contribution in [3.8, 4) is 0 Å². The smallest absolute Gasteiger partial charge is 0.264 e. The molecule has 2 saturated heterocycles. The quantitative estimate of drug-likeness (QED) is 0.713. The van der Waals surface area contributed by atoms with Crippen LogP contribution >= 0.6 is 0 Å². The first-order valence-electron chi connectivity index (χ1n) is 9.33. The molecule has 0 spiro atoms. The van der Waals surface area contributed by atoms with Crippen molar-refractivity contribution in [2.45, 2.75) is 44.8 Å². The summed E-state index contributed by atoms with van der Waals surface area (Å²) in [4.78, 5) is 52.6. The number of piperidine rings is 1. The summed E-state index contributed by atoms with van der Waals surface area (Å²) >= 11 is 0. The van der Waals surface area contributed by atoms with Crippen LogP contribution in [0.2, 0.25) is 0 Å². The number of anilines is 1. The summed E-state index contributed by atoms with van der Waals surface area (Å²) in [5.41, 5.74) is 0.448. The third-order valence-corrected chi connectivity index (χ3v) is 5.59. The first-order chi connectivity index (χ1) is 13.3. The van der Waals surface area contributed by atoms with Crippen molar-refractivity contribution in [1.29, 1.82) is 0 Å². The lowest BCUT2D eigenvalue weighted by Crippen LogP contribution is -2.56. The molecular weight excluding hydrogens is 367 g/mol. The maximum Gasteiger partial charge on any atom is 0.264 e. The fourth-order valence-electron chi connectivity index (χ4n) is 4.35. The second-order valence-corrected chi connectivity index (χ2v) is 7.56. The highest BCUT2D eigenvalue weighted by Crippen LogP contribution is 2.37. The van der Waals surface area contributed by atoms with Crippen LogP contribution in [0.4, 0.5) is 10.1 Å². The van der Waals surface area contributed by atoms with E-state index in [0.29, 0.717) is 18.8 Å². The van der Waals surface area contributed by atoms with E-state index in [1.54, 1.807) is 0 Å². The predicted molar refractivity (Wildman–Crippen MR) is 97.3 cm³/mol. The zero-order valence-corrected chi connectivity index (χ0v) is 15.6. The topological polar surface area (TPSA) is 98.8 Å². The van der Waals surface area contributed by atoms with Gasteiger partial charge in [-0.3, -0.25) is 29.4 Å². The molecule has 3 atom stereocenters. The minimum absolute atomic E-state index is 0.0118. The molecule has 2 fully saturated rings. The van der Waals surface area contributed by atoms with Crippen molar-refractivity contribution >= 4 is 29.3 Å². The van der Waals surface area contributed by atoms with Gasteiger partial charge in [0.1, 0.15) is 11.9 Å². The molecule has 9 heteroatoms. The number of piperazine rings is 1. The van der Waals surface area contributed by atoms with Gasteiger partial charge in [0.15, 0.2) is 0 Å². The van der Waals surface area contributed by atoms with Crippen LogP contribution in [0.25, 0.3) is 0 Å². The number of hydrogen-bond acceptors (Lipinski definition) is 6. The highest BCUT2D eigenvalue weighted by Gasteiger charge is 2.47. The molecular formula is C19H21FN4O4. The average Bonchev–Trinajstić information content (AvgIpc) is 2.86. The van der Waals surface area contributed by atoms with E-state index in [2.05, 4.69) is 10.6 Å². The van der Waals surface area contributed by atoms with Crippen molar-refractivity contribution in [2.75, 3.05) is 18.0 Å². The van der Waals surface area contributed by atoms with Crippen LogP contribution in [0.5, 0.6) is 0 Å². The fraction of sp³-hybridized carbons (Fsp3) is 0.474. The van der Waals surface area contributed by atoms with E-state index in [4.69, 9.17) is 0 Å². The highest BCUT2D eigenvalue weighted by atomic mass is 19.1. The number of benzene rings is 1. The summed E-state index contributed by atoms with van der Waals surface area (Å²) in [6.45, 7) is 5.24. The lowest BCUT2D eigenvalue weighted by Gasteiger charge is -2.42. The van der Waals surface area contributed by atoms with E-state index in [0.717, 1.165) is 11.0 Å². The molecule has 3 heterocycles. The van der Waals surface area contributed by atoms with Crippen LogP contribution in [-0.4, -0.2) is 59.7 Å². The van der Waals surface area contributed by atoms with Crippen LogP contribution in [0.3, 0.4) is 0 Å². The van der Waals surface area contributed by atoms with Gasteiger partial charge in [-0.15, -0.1) is 0 Å². The number of halogens is 1. The van der Waals surface area contributed by atoms with Gasteiger partial charge in [-0.1, -0.05) is 0 Å². The Morgan fingerprint density at radius 3 is 2.36 bits per heavy atom. The zero-order valence-electron chi connectivity index (χ0n) is 15.6. The van der Waals surface area contributed by atoms with Gasteiger partial charge in [0, 0.05) is 31.6 Å². The van der Waals surface area contributed by atoms with Gasteiger partial charge in [-0.25, -0.2) is 4.39 Å². The molecule has 0 bridgehead atoms. The molecule has 4 rings (SSSR count). The summed E-state index contributed by atoms with van der Waals surface area (Å²) in [6.07, 6.45) is 0.102. The van der Waals surface area contributed by atoms with Gasteiger partial charge in [-0.2, -0.15) is 0 Å². The van der Waals surface area contributed by atoms with Gasteiger partial charge in [0.2, 0.25) is 11.8 Å². The molecule has 2 N–H and O–H groups in total. The molecule has 0 radical (unpaired) electrons. The Morgan fingerprint density at radius 2 is 1.71 bits per heavy atom. The minimum Gasteiger partial charge on any atom is -0.363 e. The predicted octanol–water partition coefficient (Wildman–Crippen LogP) is 0.413. The van der Waals surface area contributed by atoms with Crippen LogP contribution < -0.4 is 15.5 Å². The summed E-state index contributed by atoms with van der Waals surface area (Å²) < 4.78 is 14.4. The van der Waals surface area contributed by atoms with Crippen LogP contribution in [0, 0.1) is 5.82 Å². The number of carbonyl (C=O) groups is 4. The third kappa shape index (κ3) is 2.77. The zero-order chi connectivity index (χ0) is 20.2. The number of carbonyl (C=O) groups excluding carboxylic acids is 4. The molecule has 3 aliphatic rings. The molecule has 1 aromatic carbocycles. The summed E-state index contributed by atoms with van der Waals surface area (Å²) in [5, 5.41) is 5.44. The summed E-state index contributed by atoms with van der Waals surface area (Å²) in [7, 11) is 0. The number of hydrogen-bond donors (Lipinski definition) is 2. The molecule has 3 unspecified atom stereocenters. The number of nitrogens with zero attached hydrogens (tertiary/aromatic N) is 2. The number of nitrogens with one attached hydrogen (secondary N) is 2. The van der Waals surface area contributed by atoms with Gasteiger partial charge >= 0.3 is 0 Å². The number of rotatable bonds is 2. The maximum atomic E-state index is 14.4. The van der Waals surface area contributed by atoms with Crippen LogP contribution in [0.15, 0.2) is 12.1 Å². The van der Waals surface area contributed by atoms with Gasteiger partial charge < -0.3 is 10.2 Å². The molecule has 148 valence electrons. The minimum atomic E-state index is -1.07. The molecule has 0 saturated carbocycles. The second-order valence-electron chi connectivity index (χ2n) is 7.56. The molecule has 1 aromatic rings. The Morgan fingerprint density at radius 1 is 1.04 bits per heavy atom. The molecule has 28 heavy (non-hydrogen) atoms. The Hall–Kier alpha value is -2.81. The molecule has 8 nitrogen and oxygen atoms in total. The highest BCUT2D eigenvalue weighted by molar-refractivity contribution is 6.25. The standard InChI is InChI=1S/C19H21FN4O4/c1-9-7-21-8-10(2)23(9)14-6-11(20)5-12-16(14)19(28)24(18(12)27)13-3-4-15(25)22-17(13)26/h5-6,9-10,13,21H,3-4,7-8H2,1-2H3,(H,22,25,26). The monoisotopic (exact) mass is 388 g/mol. The van der Waals surface area contributed by atoms with E-state index >= 15 is 0 Å². The lowest BCUT2D eigenvalue weighted by atomic mass is 10.0. The van der Waals surface area contributed by atoms with Gasteiger partial charge in [0.25, 0.3) is 11.8 Å². The van der Waals surface area contributed by atoms with E-state index < -0.39 is 35.5 Å². The van der Waals surface area contributed by atoms with Crippen molar-refractivity contribution < 1.29 is 23.6 Å². The normalized spacial score (nSPS) is 27.9. The summed E-state index contributed by atoms with van der Waals surface area (Å²) in [6, 6.07) is 1.22. The van der Waals surface area contributed by atoms with E-state index in [-0.39, 0.29) is 36.1 Å². The average molecular weight is 388 g/mol. The Balaban J connectivity index is 1.78. The van der Waals surface area contributed by atoms with Crippen LogP contribution in [0.1, 0.15) is 47.4 Å². The third-order valence-electron chi connectivity index (χ3n) is 5.59. The maximum absolute atomic E-state index is 14.4. The summed E-state index contributed by atoms with van der Waals surface area (Å²) in [5.74, 6) is -3.06. The first-order valence-corrected chi connectivity index (χ1v) is 9.33. The van der Waals surface area contributed by atoms with Crippen LogP contribution in [-0.2, 0) is 9.59 Å². The van der Waals surface area contributed by atoms with Gasteiger partial charge in [-0.05, 0) is 32.4 Å². The SMILES string of the molecule is CC1CNCC(C)N1c1cc(F)cc2c1C(=O)N(C1CCC(=O)NC1=O)C2=O.